The largest absolute Gasteiger partial charge is 0.497 e. The lowest BCUT2D eigenvalue weighted by Gasteiger charge is -2.28. The van der Waals surface area contributed by atoms with Gasteiger partial charge in [-0.1, -0.05) is 6.07 Å². The van der Waals surface area contributed by atoms with Gasteiger partial charge in [0.1, 0.15) is 29.2 Å². The summed E-state index contributed by atoms with van der Waals surface area (Å²) in [7, 11) is 5.08. The van der Waals surface area contributed by atoms with E-state index in [9.17, 15) is 0 Å². The van der Waals surface area contributed by atoms with Gasteiger partial charge in [-0.3, -0.25) is 9.58 Å². The number of fused-ring (bicyclic) bond motifs is 1. The Morgan fingerprint density at radius 3 is 2.80 bits per heavy atom. The molecule has 0 radical (unpaired) electrons. The van der Waals surface area contributed by atoms with Crippen LogP contribution in [0, 0.1) is 0 Å². The second kappa shape index (κ2) is 9.32. The summed E-state index contributed by atoms with van der Waals surface area (Å²) in [6.45, 7) is 4.10. The maximum Gasteiger partial charge on any atom is 0.181 e. The van der Waals surface area contributed by atoms with Crippen LogP contribution in [0.15, 0.2) is 35.3 Å². The summed E-state index contributed by atoms with van der Waals surface area (Å²) in [4.78, 5) is 6.75. The van der Waals surface area contributed by atoms with Crippen molar-refractivity contribution in [2.45, 2.75) is 32.5 Å². The van der Waals surface area contributed by atoms with E-state index in [4.69, 9.17) is 23.7 Å². The van der Waals surface area contributed by atoms with Crippen molar-refractivity contribution in [3.8, 4) is 22.9 Å². The average molecular weight is 412 g/mol. The monoisotopic (exact) mass is 412 g/mol. The maximum absolute atomic E-state index is 5.58. The van der Waals surface area contributed by atoms with Gasteiger partial charge in [0.2, 0.25) is 0 Å². The number of aromatic nitrogens is 3. The van der Waals surface area contributed by atoms with Crippen LogP contribution in [0.1, 0.15) is 23.2 Å². The van der Waals surface area contributed by atoms with Crippen LogP contribution in [0.4, 0.5) is 0 Å². The molecular formula is C22H28N4O4. The van der Waals surface area contributed by atoms with Crippen LogP contribution in [0.5, 0.6) is 11.5 Å². The summed E-state index contributed by atoms with van der Waals surface area (Å²) in [5.74, 6) is 1.63. The number of hydrogen-bond donors (Lipinski definition) is 0. The zero-order chi connectivity index (χ0) is 20.9. The molecule has 2 aromatic heterocycles. The molecule has 4 rings (SSSR count). The van der Waals surface area contributed by atoms with Gasteiger partial charge in [0.05, 0.1) is 14.2 Å². The minimum absolute atomic E-state index is 0.720. The molecule has 0 saturated carbocycles. The molecule has 1 aliphatic rings. The molecule has 0 aliphatic carbocycles. The van der Waals surface area contributed by atoms with Crippen LogP contribution in [0.3, 0.4) is 0 Å². The number of aryl methyl sites for hydroxylation is 1. The van der Waals surface area contributed by atoms with Crippen LogP contribution in [-0.4, -0.2) is 54.1 Å². The van der Waals surface area contributed by atoms with E-state index in [1.54, 1.807) is 27.6 Å². The standard InChI is InChI=1S/C22H28N4O4/c1-27-10-4-8-26-20-7-9-25(12-16-5-6-17(28-2)11-21(16)29-3)13-18(20)22(24-26)19-14-30-15-23-19/h5-6,11,14-15H,4,7-10,12-13H2,1-3H3. The number of rotatable bonds is 9. The van der Waals surface area contributed by atoms with Crippen molar-refractivity contribution in [1.29, 1.82) is 0 Å². The van der Waals surface area contributed by atoms with Gasteiger partial charge in [0.25, 0.3) is 0 Å². The van der Waals surface area contributed by atoms with Gasteiger partial charge in [0.15, 0.2) is 6.39 Å². The molecule has 0 spiro atoms. The Bertz CT molecular complexity index is 968. The first-order chi connectivity index (χ1) is 14.7. The molecular weight excluding hydrogens is 384 g/mol. The van der Waals surface area contributed by atoms with Crippen molar-refractivity contribution in [3.63, 3.8) is 0 Å². The summed E-state index contributed by atoms with van der Waals surface area (Å²) in [6, 6.07) is 5.97. The van der Waals surface area contributed by atoms with Gasteiger partial charge < -0.3 is 18.6 Å². The Kier molecular flexibility index (Phi) is 6.35. The molecule has 0 N–H and O–H groups in total. The second-order valence-electron chi connectivity index (χ2n) is 7.36. The van der Waals surface area contributed by atoms with E-state index in [1.165, 1.54) is 17.7 Å². The van der Waals surface area contributed by atoms with Crippen molar-refractivity contribution in [3.05, 3.63) is 47.7 Å². The molecule has 0 fully saturated rings. The van der Waals surface area contributed by atoms with Crippen LogP contribution in [0.25, 0.3) is 11.4 Å². The fraction of sp³-hybridized carbons (Fsp3) is 0.455. The Hall–Kier alpha value is -2.84. The molecule has 3 aromatic rings. The first kappa shape index (κ1) is 20.4. The van der Waals surface area contributed by atoms with E-state index in [1.807, 2.05) is 12.1 Å². The molecule has 0 unspecified atom stereocenters. The molecule has 1 aliphatic heterocycles. The van der Waals surface area contributed by atoms with Gasteiger partial charge in [-0.2, -0.15) is 5.10 Å². The first-order valence-corrected chi connectivity index (χ1v) is 10.1. The topological polar surface area (TPSA) is 74.8 Å². The second-order valence-corrected chi connectivity index (χ2v) is 7.36. The Balaban J connectivity index is 1.58. The lowest BCUT2D eigenvalue weighted by molar-refractivity contribution is 0.188. The molecule has 0 atom stereocenters. The highest BCUT2D eigenvalue weighted by Crippen LogP contribution is 2.32. The fourth-order valence-electron chi connectivity index (χ4n) is 3.98. The summed E-state index contributed by atoms with van der Waals surface area (Å²) in [5, 5.41) is 4.87. The van der Waals surface area contributed by atoms with Crippen molar-refractivity contribution in [1.82, 2.24) is 19.7 Å². The molecule has 1 aromatic carbocycles. The number of methoxy groups -OCH3 is 3. The van der Waals surface area contributed by atoms with Gasteiger partial charge in [-0.05, 0) is 12.5 Å². The Morgan fingerprint density at radius 2 is 2.07 bits per heavy atom. The molecule has 0 bridgehead atoms. The van der Waals surface area contributed by atoms with Crippen molar-refractivity contribution in [2.24, 2.45) is 0 Å². The van der Waals surface area contributed by atoms with E-state index in [0.717, 1.165) is 74.1 Å². The van der Waals surface area contributed by atoms with Crippen LogP contribution in [-0.2, 0) is 30.8 Å². The third-order valence-corrected chi connectivity index (χ3v) is 5.49. The van der Waals surface area contributed by atoms with Gasteiger partial charge in [-0.15, -0.1) is 0 Å². The summed E-state index contributed by atoms with van der Waals surface area (Å²) < 4.78 is 23.4. The molecule has 8 nitrogen and oxygen atoms in total. The van der Waals surface area contributed by atoms with E-state index in [0.29, 0.717) is 0 Å². The molecule has 3 heterocycles. The van der Waals surface area contributed by atoms with Gasteiger partial charge in [-0.25, -0.2) is 4.98 Å². The third kappa shape index (κ3) is 4.20. The van der Waals surface area contributed by atoms with E-state index in [2.05, 4.69) is 20.6 Å². The average Bonchev–Trinajstić information content (AvgIpc) is 3.42. The molecule has 160 valence electrons. The number of oxazole rings is 1. The SMILES string of the molecule is COCCCn1nc(-c2cocn2)c2c1CCN(Cc1ccc(OC)cc1OC)C2. The molecule has 8 heteroatoms. The lowest BCUT2D eigenvalue weighted by Crippen LogP contribution is -2.31. The summed E-state index contributed by atoms with van der Waals surface area (Å²) in [6.07, 6.45) is 4.98. The summed E-state index contributed by atoms with van der Waals surface area (Å²) >= 11 is 0. The van der Waals surface area contributed by atoms with Gasteiger partial charge in [0, 0.05) is 69.2 Å². The zero-order valence-electron chi connectivity index (χ0n) is 17.8. The van der Waals surface area contributed by atoms with E-state index >= 15 is 0 Å². The minimum atomic E-state index is 0.720. The highest BCUT2D eigenvalue weighted by molar-refractivity contribution is 5.59. The highest BCUT2D eigenvalue weighted by atomic mass is 16.5. The third-order valence-electron chi connectivity index (χ3n) is 5.49. The molecule has 0 amide bonds. The van der Waals surface area contributed by atoms with Crippen molar-refractivity contribution < 1.29 is 18.6 Å². The normalized spacial score (nSPS) is 14.0. The first-order valence-electron chi connectivity index (χ1n) is 10.1. The van der Waals surface area contributed by atoms with E-state index < -0.39 is 0 Å². The van der Waals surface area contributed by atoms with Crippen LogP contribution in [0.2, 0.25) is 0 Å². The number of ether oxygens (including phenoxy) is 3. The number of benzene rings is 1. The lowest BCUT2D eigenvalue weighted by atomic mass is 10.0. The van der Waals surface area contributed by atoms with Crippen molar-refractivity contribution in [2.75, 3.05) is 34.5 Å². The Labute approximate surface area is 176 Å². The predicted octanol–water partition coefficient (Wildman–Crippen LogP) is 3.15. The number of nitrogens with zero attached hydrogens (tertiary/aromatic N) is 4. The Morgan fingerprint density at radius 1 is 1.17 bits per heavy atom. The molecule has 30 heavy (non-hydrogen) atoms. The highest BCUT2D eigenvalue weighted by Gasteiger charge is 2.27. The quantitative estimate of drug-likeness (QED) is 0.500. The maximum atomic E-state index is 5.58. The van der Waals surface area contributed by atoms with Crippen LogP contribution >= 0.6 is 0 Å². The van der Waals surface area contributed by atoms with Gasteiger partial charge >= 0.3 is 0 Å². The number of hydrogen-bond acceptors (Lipinski definition) is 7. The minimum Gasteiger partial charge on any atom is -0.497 e. The smallest absolute Gasteiger partial charge is 0.181 e. The zero-order valence-corrected chi connectivity index (χ0v) is 17.8. The molecule has 0 saturated heterocycles. The van der Waals surface area contributed by atoms with Crippen LogP contribution < -0.4 is 9.47 Å². The fourth-order valence-corrected chi connectivity index (χ4v) is 3.98. The predicted molar refractivity (Wildman–Crippen MR) is 112 cm³/mol. The summed E-state index contributed by atoms with van der Waals surface area (Å²) in [5.41, 5.74) is 5.32. The van der Waals surface area contributed by atoms with Crippen molar-refractivity contribution >= 4 is 0 Å². The van der Waals surface area contributed by atoms with E-state index in [-0.39, 0.29) is 0 Å².